The zero-order valence-corrected chi connectivity index (χ0v) is 12.3. The van der Waals surface area contributed by atoms with Crippen LogP contribution in [0.25, 0.3) is 10.8 Å². The molecule has 2 rings (SSSR count). The number of aryl methyl sites for hydroxylation is 1. The summed E-state index contributed by atoms with van der Waals surface area (Å²) in [6.07, 6.45) is 1.01. The van der Waals surface area contributed by atoms with Crippen molar-refractivity contribution in [1.29, 1.82) is 0 Å². The van der Waals surface area contributed by atoms with Crippen molar-refractivity contribution in [3.63, 3.8) is 0 Å². The maximum Gasteiger partial charge on any atom is 0.169 e. The van der Waals surface area contributed by atoms with Crippen LogP contribution in [-0.2, 0) is 0 Å². The zero-order valence-electron chi connectivity index (χ0n) is 11.6. The van der Waals surface area contributed by atoms with Crippen LogP contribution in [0.15, 0.2) is 30.3 Å². The normalized spacial score (nSPS) is 12.4. The van der Waals surface area contributed by atoms with E-state index in [-0.39, 0.29) is 5.56 Å². The molecule has 0 aromatic heterocycles. The molecule has 0 spiro atoms. The second kappa shape index (κ2) is 6.16. The number of hydrogen-bond acceptors (Lipinski definition) is 2. The maximum atomic E-state index is 5.83. The van der Waals surface area contributed by atoms with Gasteiger partial charge in [-0.2, -0.15) is 0 Å². The minimum atomic E-state index is -0.328. The van der Waals surface area contributed by atoms with E-state index < -0.39 is 0 Å². The first kappa shape index (κ1) is 14.0. The smallest absolute Gasteiger partial charge is 0.169 e. The van der Waals surface area contributed by atoms with Crippen LogP contribution >= 0.6 is 11.6 Å². The fourth-order valence-corrected chi connectivity index (χ4v) is 2.18. The molecule has 1 unspecified atom stereocenters. The minimum Gasteiger partial charge on any atom is -0.493 e. The molecule has 0 saturated heterocycles. The van der Waals surface area contributed by atoms with Crippen molar-refractivity contribution in [2.45, 2.75) is 32.8 Å². The van der Waals surface area contributed by atoms with Gasteiger partial charge in [0.1, 0.15) is 11.5 Å². The minimum absolute atomic E-state index is 0.328. The molecule has 0 bridgehead atoms. The first-order valence-corrected chi connectivity index (χ1v) is 7.02. The molecule has 0 aliphatic rings. The molecule has 0 heterocycles. The Balaban J connectivity index is 2.36. The van der Waals surface area contributed by atoms with E-state index >= 15 is 0 Å². The fraction of sp³-hybridized carbons (Fsp3) is 0.375. The average molecular weight is 279 g/mol. The van der Waals surface area contributed by atoms with Crippen LogP contribution in [0.1, 0.15) is 25.8 Å². The topological polar surface area (TPSA) is 18.5 Å². The zero-order chi connectivity index (χ0) is 13.8. The number of ether oxygens (including phenoxy) is 2. The molecule has 0 N–H and O–H groups in total. The van der Waals surface area contributed by atoms with Crippen molar-refractivity contribution in [3.05, 3.63) is 35.9 Å². The predicted octanol–water partition coefficient (Wildman–Crippen LogP) is 4.90. The Morgan fingerprint density at radius 1 is 1.21 bits per heavy atom. The summed E-state index contributed by atoms with van der Waals surface area (Å²) in [5.74, 6) is 1.74. The Labute approximate surface area is 119 Å². The molecule has 0 fully saturated rings. The van der Waals surface area contributed by atoms with Gasteiger partial charge in [0.15, 0.2) is 5.56 Å². The molecule has 3 heteroatoms. The molecule has 19 heavy (non-hydrogen) atoms. The van der Waals surface area contributed by atoms with E-state index in [9.17, 15) is 0 Å². The summed E-state index contributed by atoms with van der Waals surface area (Å²) in [5, 5.41) is 2.32. The van der Waals surface area contributed by atoms with Gasteiger partial charge in [-0.15, -0.1) is 0 Å². The second-order valence-corrected chi connectivity index (χ2v) is 5.20. The molecule has 1 atom stereocenters. The van der Waals surface area contributed by atoms with Gasteiger partial charge in [0, 0.05) is 0 Å². The van der Waals surface area contributed by atoms with E-state index in [1.165, 1.54) is 5.39 Å². The molecule has 0 saturated carbocycles. The second-order valence-electron chi connectivity index (χ2n) is 4.58. The van der Waals surface area contributed by atoms with Gasteiger partial charge in [0.25, 0.3) is 0 Å². The van der Waals surface area contributed by atoms with Crippen LogP contribution < -0.4 is 9.47 Å². The molecule has 0 amide bonds. The monoisotopic (exact) mass is 278 g/mol. The summed E-state index contributed by atoms with van der Waals surface area (Å²) in [6, 6.07) is 10.1. The van der Waals surface area contributed by atoms with Crippen LogP contribution in [-0.4, -0.2) is 12.2 Å². The van der Waals surface area contributed by atoms with Crippen LogP contribution in [0.2, 0.25) is 0 Å². The van der Waals surface area contributed by atoms with Crippen LogP contribution in [0, 0.1) is 6.92 Å². The van der Waals surface area contributed by atoms with Crippen LogP contribution in [0.4, 0.5) is 0 Å². The lowest BCUT2D eigenvalue weighted by atomic mass is 10.0. The number of halogens is 1. The summed E-state index contributed by atoms with van der Waals surface area (Å²) < 4.78 is 11.2. The van der Waals surface area contributed by atoms with E-state index in [2.05, 4.69) is 26.0 Å². The third-order valence-electron chi connectivity index (χ3n) is 2.97. The van der Waals surface area contributed by atoms with Gasteiger partial charge in [-0.1, -0.05) is 30.7 Å². The SMILES string of the molecule is CCCOc1ccc2cc(OC(C)Cl)ccc2c1C. The van der Waals surface area contributed by atoms with Crippen molar-refractivity contribution in [2.75, 3.05) is 6.61 Å². The first-order valence-electron chi connectivity index (χ1n) is 6.58. The van der Waals surface area contributed by atoms with Crippen molar-refractivity contribution in [3.8, 4) is 11.5 Å². The molecule has 102 valence electrons. The van der Waals surface area contributed by atoms with E-state index in [1.54, 1.807) is 6.92 Å². The molecule has 2 aromatic carbocycles. The highest BCUT2D eigenvalue weighted by molar-refractivity contribution is 6.19. The molecule has 2 nitrogen and oxygen atoms in total. The average Bonchev–Trinajstić information content (AvgIpc) is 2.37. The maximum absolute atomic E-state index is 5.83. The van der Waals surface area contributed by atoms with Gasteiger partial charge in [-0.05, 0) is 54.8 Å². The van der Waals surface area contributed by atoms with Gasteiger partial charge in [-0.3, -0.25) is 0 Å². The van der Waals surface area contributed by atoms with Gasteiger partial charge < -0.3 is 9.47 Å². The van der Waals surface area contributed by atoms with Crippen molar-refractivity contribution < 1.29 is 9.47 Å². The largest absolute Gasteiger partial charge is 0.493 e. The highest BCUT2D eigenvalue weighted by Crippen LogP contribution is 2.30. The van der Waals surface area contributed by atoms with E-state index in [1.807, 2.05) is 18.2 Å². The van der Waals surface area contributed by atoms with E-state index in [0.717, 1.165) is 35.5 Å². The summed E-state index contributed by atoms with van der Waals surface area (Å²) in [4.78, 5) is 0. The molecular formula is C16H19ClO2. The first-order chi connectivity index (χ1) is 9.11. The van der Waals surface area contributed by atoms with Gasteiger partial charge in [-0.25, -0.2) is 0 Å². The lowest BCUT2D eigenvalue weighted by molar-refractivity contribution is 0.301. The molecule has 0 aliphatic heterocycles. The lowest BCUT2D eigenvalue weighted by Crippen LogP contribution is -2.02. The quantitative estimate of drug-likeness (QED) is 0.724. The lowest BCUT2D eigenvalue weighted by Gasteiger charge is -2.13. The van der Waals surface area contributed by atoms with Crippen LogP contribution in [0.5, 0.6) is 11.5 Å². The Bertz CT molecular complexity index is 564. The van der Waals surface area contributed by atoms with Crippen LogP contribution in [0.3, 0.4) is 0 Å². The fourth-order valence-electron chi connectivity index (χ4n) is 2.07. The standard InChI is InChI=1S/C16H19ClO2/c1-4-9-18-16-8-5-13-10-14(19-12(3)17)6-7-15(13)11(16)2/h5-8,10,12H,4,9H2,1-3H3. The summed E-state index contributed by atoms with van der Waals surface area (Å²) >= 11 is 5.83. The van der Waals surface area contributed by atoms with Gasteiger partial charge >= 0.3 is 0 Å². The molecule has 2 aromatic rings. The number of alkyl halides is 1. The summed E-state index contributed by atoms with van der Waals surface area (Å²) in [7, 11) is 0. The summed E-state index contributed by atoms with van der Waals surface area (Å²) in [6.45, 7) is 6.74. The molecule has 0 radical (unpaired) electrons. The third-order valence-corrected chi connectivity index (χ3v) is 3.06. The van der Waals surface area contributed by atoms with Gasteiger partial charge in [0.05, 0.1) is 6.61 Å². The summed E-state index contributed by atoms with van der Waals surface area (Å²) in [5.41, 5.74) is 0.835. The van der Waals surface area contributed by atoms with E-state index in [4.69, 9.17) is 21.1 Å². The number of benzene rings is 2. The molecule has 0 aliphatic carbocycles. The van der Waals surface area contributed by atoms with Crippen molar-refractivity contribution in [1.82, 2.24) is 0 Å². The number of fused-ring (bicyclic) bond motifs is 1. The Morgan fingerprint density at radius 3 is 2.68 bits per heavy atom. The number of hydrogen-bond donors (Lipinski definition) is 0. The Hall–Kier alpha value is -1.41. The Morgan fingerprint density at radius 2 is 2.00 bits per heavy atom. The highest BCUT2D eigenvalue weighted by atomic mass is 35.5. The predicted molar refractivity (Wildman–Crippen MR) is 80.4 cm³/mol. The van der Waals surface area contributed by atoms with Gasteiger partial charge in [0.2, 0.25) is 0 Å². The highest BCUT2D eigenvalue weighted by Gasteiger charge is 2.06. The van der Waals surface area contributed by atoms with Crippen molar-refractivity contribution >= 4 is 22.4 Å². The number of rotatable bonds is 5. The Kier molecular flexibility index (Phi) is 4.54. The third kappa shape index (κ3) is 3.32. The molecular weight excluding hydrogens is 260 g/mol. The van der Waals surface area contributed by atoms with E-state index in [0.29, 0.717) is 0 Å². The van der Waals surface area contributed by atoms with Crippen molar-refractivity contribution in [2.24, 2.45) is 0 Å².